The van der Waals surface area contributed by atoms with E-state index in [1.807, 2.05) is 18.2 Å². The van der Waals surface area contributed by atoms with Crippen molar-refractivity contribution < 1.29 is 19.0 Å². The molecule has 1 saturated heterocycles. The molecule has 1 aliphatic carbocycles. The van der Waals surface area contributed by atoms with Gasteiger partial charge >= 0.3 is 6.03 Å². The van der Waals surface area contributed by atoms with Crippen molar-refractivity contribution in [2.24, 2.45) is 5.92 Å². The van der Waals surface area contributed by atoms with Gasteiger partial charge < -0.3 is 24.8 Å². The molecule has 1 saturated carbocycles. The number of nitrogens with one attached hydrogen (secondary N) is 2. The third kappa shape index (κ3) is 3.90. The van der Waals surface area contributed by atoms with Gasteiger partial charge in [-0.15, -0.1) is 0 Å². The number of ether oxygens (including phenoxy) is 3. The number of amides is 2. The molecule has 1 aromatic carbocycles. The molecule has 4 rings (SSSR count). The van der Waals surface area contributed by atoms with Gasteiger partial charge in [0.25, 0.3) is 5.79 Å². The standard InChI is InChI=1S/C20H28N2O4/c1-14-11-15(7-10-24-14)13-21-19(23)22-16-5-6-17-18(12-16)26-20(25-17)8-3-2-4-9-20/h5-6,12,14-15H,2-4,7-11,13H2,1H3,(H2,21,22,23)/t14-,15-/m1/s1. The number of anilines is 1. The van der Waals surface area contributed by atoms with E-state index >= 15 is 0 Å². The summed E-state index contributed by atoms with van der Waals surface area (Å²) in [6.07, 6.45) is 7.62. The summed E-state index contributed by atoms with van der Waals surface area (Å²) in [5.41, 5.74) is 0.720. The molecule has 2 aliphatic heterocycles. The van der Waals surface area contributed by atoms with E-state index in [4.69, 9.17) is 14.2 Å². The Morgan fingerprint density at radius 1 is 1.19 bits per heavy atom. The molecule has 2 N–H and O–H groups in total. The molecule has 2 heterocycles. The fourth-order valence-corrected chi connectivity index (χ4v) is 4.16. The van der Waals surface area contributed by atoms with E-state index < -0.39 is 5.79 Å². The molecule has 0 aromatic heterocycles. The first kappa shape index (κ1) is 17.5. The highest BCUT2D eigenvalue weighted by molar-refractivity contribution is 5.89. The maximum absolute atomic E-state index is 12.2. The van der Waals surface area contributed by atoms with Gasteiger partial charge in [0.05, 0.1) is 6.10 Å². The summed E-state index contributed by atoms with van der Waals surface area (Å²) in [6, 6.07) is 5.42. The average Bonchev–Trinajstić information content (AvgIpc) is 2.97. The number of fused-ring (bicyclic) bond motifs is 1. The summed E-state index contributed by atoms with van der Waals surface area (Å²) in [6.45, 7) is 3.53. The smallest absolute Gasteiger partial charge is 0.319 e. The molecule has 0 unspecified atom stereocenters. The maximum Gasteiger partial charge on any atom is 0.319 e. The Hall–Kier alpha value is -1.95. The Bertz CT molecular complexity index is 657. The van der Waals surface area contributed by atoms with E-state index in [2.05, 4.69) is 17.6 Å². The van der Waals surface area contributed by atoms with Crippen molar-refractivity contribution in [1.29, 1.82) is 0 Å². The second kappa shape index (κ2) is 7.35. The van der Waals surface area contributed by atoms with E-state index in [-0.39, 0.29) is 12.1 Å². The largest absolute Gasteiger partial charge is 0.448 e. The van der Waals surface area contributed by atoms with Gasteiger partial charge in [0, 0.05) is 37.7 Å². The normalized spacial score (nSPS) is 26.5. The molecule has 2 fully saturated rings. The van der Waals surface area contributed by atoms with Gasteiger partial charge in [-0.2, -0.15) is 0 Å². The van der Waals surface area contributed by atoms with E-state index in [1.165, 1.54) is 6.42 Å². The molecule has 142 valence electrons. The monoisotopic (exact) mass is 360 g/mol. The van der Waals surface area contributed by atoms with Gasteiger partial charge in [0.15, 0.2) is 11.5 Å². The number of hydrogen-bond donors (Lipinski definition) is 2. The van der Waals surface area contributed by atoms with Crippen molar-refractivity contribution in [1.82, 2.24) is 5.32 Å². The molecular weight excluding hydrogens is 332 g/mol. The first-order chi connectivity index (χ1) is 12.6. The van der Waals surface area contributed by atoms with Gasteiger partial charge in [0.2, 0.25) is 0 Å². The maximum atomic E-state index is 12.2. The Morgan fingerprint density at radius 2 is 2.00 bits per heavy atom. The Kier molecular flexibility index (Phi) is 4.94. The summed E-state index contributed by atoms with van der Waals surface area (Å²) in [7, 11) is 0. The van der Waals surface area contributed by atoms with Gasteiger partial charge in [-0.25, -0.2) is 4.79 Å². The first-order valence-corrected chi connectivity index (χ1v) is 9.80. The van der Waals surface area contributed by atoms with E-state index in [1.54, 1.807) is 0 Å². The second-order valence-electron chi connectivity index (χ2n) is 7.74. The van der Waals surface area contributed by atoms with Crippen LogP contribution in [0.25, 0.3) is 0 Å². The van der Waals surface area contributed by atoms with Gasteiger partial charge in [-0.1, -0.05) is 6.42 Å². The zero-order valence-corrected chi connectivity index (χ0v) is 15.4. The Balaban J connectivity index is 1.31. The van der Waals surface area contributed by atoms with Crippen LogP contribution in [0.1, 0.15) is 51.9 Å². The summed E-state index contributed by atoms with van der Waals surface area (Å²) < 4.78 is 17.7. The minimum Gasteiger partial charge on any atom is -0.448 e. The van der Waals surface area contributed by atoms with Crippen LogP contribution < -0.4 is 20.1 Å². The summed E-state index contributed by atoms with van der Waals surface area (Å²) in [4.78, 5) is 12.2. The molecule has 3 aliphatic rings. The molecule has 26 heavy (non-hydrogen) atoms. The van der Waals surface area contributed by atoms with Crippen molar-refractivity contribution >= 4 is 11.7 Å². The minimum atomic E-state index is -0.485. The number of carbonyl (C=O) groups excluding carboxylic acids is 1. The molecule has 1 spiro atoms. The highest BCUT2D eigenvalue weighted by Gasteiger charge is 2.42. The van der Waals surface area contributed by atoms with E-state index in [0.717, 1.165) is 62.3 Å². The lowest BCUT2D eigenvalue weighted by molar-refractivity contribution is -0.105. The van der Waals surface area contributed by atoms with Crippen LogP contribution >= 0.6 is 0 Å². The Labute approximate surface area is 154 Å². The molecule has 6 nitrogen and oxygen atoms in total. The molecule has 0 bridgehead atoms. The zero-order chi connectivity index (χ0) is 18.0. The number of benzene rings is 1. The van der Waals surface area contributed by atoms with Gasteiger partial charge in [-0.3, -0.25) is 0 Å². The first-order valence-electron chi connectivity index (χ1n) is 9.80. The van der Waals surface area contributed by atoms with Crippen LogP contribution in [0.5, 0.6) is 11.5 Å². The van der Waals surface area contributed by atoms with E-state index in [0.29, 0.717) is 12.5 Å². The van der Waals surface area contributed by atoms with Gasteiger partial charge in [-0.05, 0) is 50.7 Å². The molecular formula is C20H28N2O4. The van der Waals surface area contributed by atoms with Crippen LogP contribution in [-0.4, -0.2) is 31.1 Å². The summed E-state index contributed by atoms with van der Waals surface area (Å²) >= 11 is 0. The Morgan fingerprint density at radius 3 is 2.81 bits per heavy atom. The fraction of sp³-hybridized carbons (Fsp3) is 0.650. The third-order valence-corrected chi connectivity index (χ3v) is 5.55. The van der Waals surface area contributed by atoms with Crippen LogP contribution in [-0.2, 0) is 4.74 Å². The van der Waals surface area contributed by atoms with Crippen molar-refractivity contribution in [3.8, 4) is 11.5 Å². The number of carbonyl (C=O) groups is 1. The lowest BCUT2D eigenvalue weighted by atomic mass is 9.94. The molecule has 2 amide bonds. The van der Waals surface area contributed by atoms with Crippen molar-refractivity contribution in [2.45, 2.75) is 63.8 Å². The molecule has 2 atom stereocenters. The predicted molar refractivity (Wildman–Crippen MR) is 98.7 cm³/mol. The van der Waals surface area contributed by atoms with Crippen LogP contribution in [0.4, 0.5) is 10.5 Å². The number of hydrogen-bond acceptors (Lipinski definition) is 4. The third-order valence-electron chi connectivity index (χ3n) is 5.55. The lowest BCUT2D eigenvalue weighted by Crippen LogP contribution is -2.40. The van der Waals surface area contributed by atoms with Crippen molar-refractivity contribution in [3.05, 3.63) is 18.2 Å². The highest BCUT2D eigenvalue weighted by atomic mass is 16.7. The summed E-state index contributed by atoms with van der Waals surface area (Å²) in [5, 5.41) is 5.87. The highest BCUT2D eigenvalue weighted by Crippen LogP contribution is 2.46. The molecule has 1 aromatic rings. The second-order valence-corrected chi connectivity index (χ2v) is 7.74. The number of rotatable bonds is 3. The minimum absolute atomic E-state index is 0.185. The topological polar surface area (TPSA) is 68.8 Å². The average molecular weight is 360 g/mol. The SMILES string of the molecule is C[C@@H]1C[C@H](CNC(=O)Nc2ccc3c(c2)OC2(CCCCC2)O3)CCO1. The van der Waals surface area contributed by atoms with Crippen LogP contribution in [0, 0.1) is 5.92 Å². The van der Waals surface area contributed by atoms with Crippen LogP contribution in [0.2, 0.25) is 0 Å². The molecule has 6 heteroatoms. The van der Waals surface area contributed by atoms with E-state index in [9.17, 15) is 4.79 Å². The number of urea groups is 1. The van der Waals surface area contributed by atoms with Gasteiger partial charge in [0.1, 0.15) is 0 Å². The quantitative estimate of drug-likeness (QED) is 0.853. The van der Waals surface area contributed by atoms with Crippen LogP contribution in [0.3, 0.4) is 0 Å². The van der Waals surface area contributed by atoms with Crippen molar-refractivity contribution in [2.75, 3.05) is 18.5 Å². The van der Waals surface area contributed by atoms with Crippen LogP contribution in [0.15, 0.2) is 18.2 Å². The summed E-state index contributed by atoms with van der Waals surface area (Å²) in [5.74, 6) is 1.49. The lowest BCUT2D eigenvalue weighted by Gasteiger charge is -2.31. The molecule has 0 radical (unpaired) electrons. The predicted octanol–water partition coefficient (Wildman–Crippen LogP) is 4.05. The zero-order valence-electron chi connectivity index (χ0n) is 15.4. The fourth-order valence-electron chi connectivity index (χ4n) is 4.16. The van der Waals surface area contributed by atoms with Crippen molar-refractivity contribution in [3.63, 3.8) is 0 Å².